The Hall–Kier alpha value is -3.06. The van der Waals surface area contributed by atoms with Gasteiger partial charge in [-0.15, -0.1) is 0 Å². The predicted octanol–water partition coefficient (Wildman–Crippen LogP) is 6.93. The number of thioether (sulfide) groups is 2. The van der Waals surface area contributed by atoms with Crippen LogP contribution in [0.1, 0.15) is 62.5 Å². The molecule has 4 amide bonds. The summed E-state index contributed by atoms with van der Waals surface area (Å²) in [6.45, 7) is 4.83. The van der Waals surface area contributed by atoms with Gasteiger partial charge in [0.1, 0.15) is 8.64 Å². The molecule has 2 aromatic carbocycles. The van der Waals surface area contributed by atoms with Gasteiger partial charge in [0.2, 0.25) is 11.8 Å². The largest absolute Gasteiger partial charge is 0.326 e. The monoisotopic (exact) mass is 668 g/mol. The normalized spacial score (nSPS) is 16.7. The van der Waals surface area contributed by atoms with Gasteiger partial charge in [-0.05, 0) is 74.9 Å². The molecule has 0 bridgehead atoms. The average Bonchev–Trinajstić information content (AvgIpc) is 3.41. The maximum absolute atomic E-state index is 13.2. The van der Waals surface area contributed by atoms with Crippen molar-refractivity contribution in [2.24, 2.45) is 0 Å². The van der Waals surface area contributed by atoms with E-state index in [1.807, 2.05) is 62.4 Å². The first-order valence-corrected chi connectivity index (χ1v) is 17.1. The van der Waals surface area contributed by atoms with Crippen molar-refractivity contribution in [1.29, 1.82) is 0 Å². The lowest BCUT2D eigenvalue weighted by molar-refractivity contribution is -0.124. The fraction of sp³-hybridized carbons (Fsp3) is 0.375. The lowest BCUT2D eigenvalue weighted by Crippen LogP contribution is -2.31. The summed E-state index contributed by atoms with van der Waals surface area (Å²) in [7, 11) is 0. The van der Waals surface area contributed by atoms with Gasteiger partial charge in [0.25, 0.3) is 11.8 Å². The Kier molecular flexibility index (Phi) is 12.5. The number of carbonyl (C=O) groups excluding carboxylic acids is 4. The van der Waals surface area contributed by atoms with Gasteiger partial charge in [0.05, 0.1) is 9.81 Å². The van der Waals surface area contributed by atoms with Crippen LogP contribution in [0.5, 0.6) is 0 Å². The van der Waals surface area contributed by atoms with Gasteiger partial charge in [0.15, 0.2) is 0 Å². The van der Waals surface area contributed by atoms with Crippen molar-refractivity contribution in [3.8, 4) is 0 Å². The Morgan fingerprint density at radius 3 is 1.45 bits per heavy atom. The number of hydrogen-bond donors (Lipinski definition) is 2. The number of anilines is 2. The minimum atomic E-state index is -0.266. The van der Waals surface area contributed by atoms with Crippen molar-refractivity contribution in [1.82, 2.24) is 9.80 Å². The molecule has 0 radical (unpaired) electrons. The van der Waals surface area contributed by atoms with E-state index in [1.54, 1.807) is 0 Å². The minimum Gasteiger partial charge on any atom is -0.326 e. The number of nitrogens with one attached hydrogen (secondary N) is 2. The molecule has 0 spiro atoms. The first-order chi connectivity index (χ1) is 21.1. The van der Waals surface area contributed by atoms with Gasteiger partial charge < -0.3 is 10.6 Å². The molecule has 0 atom stereocenters. The van der Waals surface area contributed by atoms with Crippen LogP contribution in [0.15, 0.2) is 58.3 Å². The Labute approximate surface area is 277 Å². The molecule has 0 unspecified atom stereocenters. The molecule has 12 heteroatoms. The summed E-state index contributed by atoms with van der Waals surface area (Å²) in [6, 6.07) is 15.4. The number of benzene rings is 2. The number of nitrogens with zero attached hydrogens (tertiary/aromatic N) is 2. The summed E-state index contributed by atoms with van der Waals surface area (Å²) in [5.74, 6) is -0.603. The number of carbonyl (C=O) groups is 4. The number of aryl methyl sites for hydroxylation is 2. The number of hydrogen-bond acceptors (Lipinski definition) is 8. The summed E-state index contributed by atoms with van der Waals surface area (Å²) in [4.78, 5) is 54.7. The third kappa shape index (κ3) is 9.47. The predicted molar refractivity (Wildman–Crippen MR) is 187 cm³/mol. The molecule has 44 heavy (non-hydrogen) atoms. The van der Waals surface area contributed by atoms with E-state index in [1.165, 1.54) is 9.80 Å². The van der Waals surface area contributed by atoms with Gasteiger partial charge in [-0.2, -0.15) is 0 Å². The molecule has 232 valence electrons. The Bertz CT molecular complexity index is 1380. The third-order valence-electron chi connectivity index (χ3n) is 7.08. The van der Waals surface area contributed by atoms with E-state index in [-0.39, 0.29) is 23.6 Å². The highest BCUT2D eigenvalue weighted by Gasteiger charge is 2.41. The zero-order chi connectivity index (χ0) is 31.6. The molecule has 0 saturated carbocycles. The van der Waals surface area contributed by atoms with Gasteiger partial charge in [-0.25, -0.2) is 0 Å². The van der Waals surface area contributed by atoms with Gasteiger partial charge >= 0.3 is 0 Å². The van der Waals surface area contributed by atoms with E-state index in [9.17, 15) is 19.2 Å². The maximum atomic E-state index is 13.2. The molecular weight excluding hydrogens is 633 g/mol. The second-order valence-electron chi connectivity index (χ2n) is 10.8. The second-order valence-corrected chi connectivity index (χ2v) is 14.1. The van der Waals surface area contributed by atoms with Crippen LogP contribution in [0.25, 0.3) is 0 Å². The van der Waals surface area contributed by atoms with Crippen molar-refractivity contribution in [3.63, 3.8) is 0 Å². The minimum absolute atomic E-state index is 0.0353. The summed E-state index contributed by atoms with van der Waals surface area (Å²) in [6.07, 6.45) is 5.12. The van der Waals surface area contributed by atoms with Crippen molar-refractivity contribution < 1.29 is 19.2 Å². The molecular formula is C32H36N4O4S4. The average molecular weight is 669 g/mol. The third-order valence-corrected chi connectivity index (χ3v) is 10.1. The van der Waals surface area contributed by atoms with Crippen LogP contribution >= 0.6 is 48.0 Å². The fourth-order valence-corrected chi connectivity index (χ4v) is 7.58. The smallest absolute Gasteiger partial charge is 0.267 e. The molecule has 2 aliphatic heterocycles. The zero-order valence-electron chi connectivity index (χ0n) is 24.9. The highest BCUT2D eigenvalue weighted by molar-refractivity contribution is 8.29. The first-order valence-electron chi connectivity index (χ1n) is 14.7. The van der Waals surface area contributed by atoms with E-state index >= 15 is 0 Å². The zero-order valence-corrected chi connectivity index (χ0v) is 28.1. The van der Waals surface area contributed by atoms with Crippen LogP contribution in [0.3, 0.4) is 0 Å². The summed E-state index contributed by atoms with van der Waals surface area (Å²) >= 11 is 13.2. The van der Waals surface area contributed by atoms with Crippen LogP contribution in [0.2, 0.25) is 0 Å². The van der Waals surface area contributed by atoms with E-state index in [2.05, 4.69) is 10.6 Å². The van der Waals surface area contributed by atoms with Crippen LogP contribution in [-0.4, -0.2) is 55.2 Å². The lowest BCUT2D eigenvalue weighted by Gasteiger charge is -2.14. The lowest BCUT2D eigenvalue weighted by atomic mass is 10.1. The van der Waals surface area contributed by atoms with Crippen LogP contribution in [-0.2, 0) is 19.2 Å². The highest BCUT2D eigenvalue weighted by atomic mass is 32.2. The molecule has 0 aromatic heterocycles. The topological polar surface area (TPSA) is 98.8 Å². The van der Waals surface area contributed by atoms with Crippen molar-refractivity contribution in [2.45, 2.75) is 65.2 Å². The Morgan fingerprint density at radius 2 is 1.07 bits per heavy atom. The van der Waals surface area contributed by atoms with E-state index in [0.29, 0.717) is 70.1 Å². The van der Waals surface area contributed by atoms with Crippen LogP contribution in [0, 0.1) is 13.8 Å². The SMILES string of the molecule is Cc1cccc(NC(=O)CCCCCN2C(=O)/C(=C3\SC(=S)N(CCCCCC(=O)Nc4cccc(C)c4)C3=O)SC2=S)c1. The van der Waals surface area contributed by atoms with E-state index in [4.69, 9.17) is 24.4 Å². The Balaban J connectivity index is 1.17. The van der Waals surface area contributed by atoms with Crippen LogP contribution < -0.4 is 10.6 Å². The number of unbranched alkanes of at least 4 members (excludes halogenated alkanes) is 4. The highest BCUT2D eigenvalue weighted by Crippen LogP contribution is 2.42. The number of thiocarbonyl (C=S) groups is 2. The molecule has 2 fully saturated rings. The summed E-state index contributed by atoms with van der Waals surface area (Å²) in [5.41, 5.74) is 3.75. The maximum Gasteiger partial charge on any atom is 0.267 e. The van der Waals surface area contributed by atoms with Crippen LogP contribution in [0.4, 0.5) is 11.4 Å². The van der Waals surface area contributed by atoms with Gasteiger partial charge in [0, 0.05) is 37.3 Å². The standard InChI is InChI=1S/C32H36N4O4S4/c1-21-11-9-13-23(19-21)33-25(37)15-5-3-7-17-35-29(39)27(43-31(35)41)28-30(40)36(32(42)44-28)18-8-4-6-16-26(38)34-24-14-10-12-22(2)20-24/h9-14,19-20H,3-8,15-18H2,1-2H3,(H,33,37)(H,34,38)/b28-27+. The molecule has 2 saturated heterocycles. The van der Waals surface area contributed by atoms with Crippen molar-refractivity contribution >= 4 is 91.6 Å². The Morgan fingerprint density at radius 1 is 0.659 bits per heavy atom. The first kappa shape index (κ1) is 33.8. The molecule has 8 nitrogen and oxygen atoms in total. The van der Waals surface area contributed by atoms with E-state index < -0.39 is 0 Å². The molecule has 2 aliphatic rings. The van der Waals surface area contributed by atoms with E-state index in [0.717, 1.165) is 58.9 Å². The molecule has 2 N–H and O–H groups in total. The summed E-state index contributed by atoms with van der Waals surface area (Å²) < 4.78 is 0.854. The molecule has 0 aliphatic carbocycles. The van der Waals surface area contributed by atoms with Crippen molar-refractivity contribution in [3.05, 3.63) is 69.5 Å². The number of rotatable bonds is 14. The molecule has 4 rings (SSSR count). The second kappa shape index (κ2) is 16.3. The fourth-order valence-electron chi connectivity index (χ4n) is 4.81. The van der Waals surface area contributed by atoms with Gasteiger partial charge in [-0.3, -0.25) is 29.0 Å². The number of amides is 4. The molecule has 2 heterocycles. The molecule has 2 aromatic rings. The van der Waals surface area contributed by atoms with Crippen molar-refractivity contribution in [2.75, 3.05) is 23.7 Å². The quantitative estimate of drug-likeness (QED) is 0.127. The van der Waals surface area contributed by atoms with Gasteiger partial charge in [-0.1, -0.05) is 85.1 Å². The summed E-state index contributed by atoms with van der Waals surface area (Å²) in [5, 5.41) is 5.82.